The maximum Gasteiger partial charge on any atom is 0.410 e. The van der Waals surface area contributed by atoms with E-state index in [2.05, 4.69) is 5.10 Å². The summed E-state index contributed by atoms with van der Waals surface area (Å²) in [4.78, 5) is 29.2. The quantitative estimate of drug-likeness (QED) is 0.728. The molecule has 1 unspecified atom stereocenters. The summed E-state index contributed by atoms with van der Waals surface area (Å²) < 4.78 is 9.34. The average molecular weight is 401 g/mol. The molecule has 1 atom stereocenters. The van der Waals surface area contributed by atoms with Crippen LogP contribution in [0, 0.1) is 0 Å². The second kappa shape index (κ2) is 6.89. The molecule has 0 fully saturated rings. The van der Waals surface area contributed by atoms with Crippen molar-refractivity contribution in [2.75, 3.05) is 20.1 Å². The molecule has 29 heavy (non-hydrogen) atoms. The van der Waals surface area contributed by atoms with Crippen molar-refractivity contribution < 1.29 is 19.0 Å². The molecule has 2 aromatic rings. The number of carbonyl (C=O) groups excluding carboxylic acids is 2. The van der Waals surface area contributed by atoms with E-state index in [0.29, 0.717) is 38.3 Å². The molecule has 9 nitrogen and oxygen atoms in total. The van der Waals surface area contributed by atoms with Crippen molar-refractivity contribution in [3.63, 3.8) is 0 Å². The van der Waals surface area contributed by atoms with Crippen molar-refractivity contribution in [1.29, 1.82) is 0 Å². The molecule has 9 heteroatoms. The molecule has 156 valence electrons. The zero-order valence-corrected chi connectivity index (χ0v) is 17.7. The number of aryl methyl sites for hydroxylation is 1. The number of ether oxygens (including phenoxy) is 1. The third kappa shape index (κ3) is 3.61. The molecule has 1 N–H and O–H groups in total. The molecule has 0 spiro atoms. The van der Waals surface area contributed by atoms with Crippen LogP contribution in [0.2, 0.25) is 0 Å². The molecule has 0 saturated carbocycles. The summed E-state index contributed by atoms with van der Waals surface area (Å²) >= 11 is 0. The summed E-state index contributed by atoms with van der Waals surface area (Å²) in [6, 6.07) is 2.04. The molecule has 0 radical (unpaired) electrons. The maximum atomic E-state index is 13.2. The first-order chi connectivity index (χ1) is 13.6. The van der Waals surface area contributed by atoms with Gasteiger partial charge in [-0.1, -0.05) is 0 Å². The maximum absolute atomic E-state index is 13.2. The second-order valence-electron chi connectivity index (χ2n) is 8.94. The number of nitrogens with one attached hydrogen (secondary N) is 1. The largest absolute Gasteiger partial charge is 0.444 e. The Balaban J connectivity index is 1.65. The van der Waals surface area contributed by atoms with E-state index in [1.807, 2.05) is 56.5 Å². The van der Waals surface area contributed by atoms with E-state index in [1.165, 1.54) is 0 Å². The monoisotopic (exact) mass is 401 g/mol. The third-order valence-electron chi connectivity index (χ3n) is 5.52. The minimum absolute atomic E-state index is 0.0505. The zero-order chi connectivity index (χ0) is 20.9. The second-order valence-corrected chi connectivity index (χ2v) is 8.94. The van der Waals surface area contributed by atoms with Gasteiger partial charge in [0.25, 0.3) is 5.91 Å². The topological polar surface area (TPSA) is 87.3 Å². The Labute approximate surface area is 170 Å². The Morgan fingerprint density at radius 1 is 1.34 bits per heavy atom. The fraction of sp³-hybridized carbons (Fsp3) is 0.600. The van der Waals surface area contributed by atoms with Gasteiger partial charge in [-0.25, -0.2) is 4.79 Å². The van der Waals surface area contributed by atoms with E-state index in [-0.39, 0.29) is 17.9 Å². The Kier molecular flexibility index (Phi) is 4.63. The molecule has 2 amide bonds. The number of hydrogen-bond acceptors (Lipinski definition) is 4. The van der Waals surface area contributed by atoms with E-state index in [9.17, 15) is 9.59 Å². The molecule has 0 saturated heterocycles. The molecular formula is C20H29N6O3+. The van der Waals surface area contributed by atoms with Crippen molar-refractivity contribution in [3.05, 3.63) is 34.9 Å². The average Bonchev–Trinajstić information content (AvgIpc) is 3.18. The van der Waals surface area contributed by atoms with Crippen LogP contribution in [0.1, 0.15) is 54.1 Å². The molecule has 0 aliphatic carbocycles. The summed E-state index contributed by atoms with van der Waals surface area (Å²) in [7, 11) is 3.79. The highest BCUT2D eigenvalue weighted by Gasteiger charge is 2.37. The number of aromatic nitrogens is 4. The van der Waals surface area contributed by atoms with Crippen molar-refractivity contribution >= 4 is 12.0 Å². The van der Waals surface area contributed by atoms with Gasteiger partial charge in [0, 0.05) is 38.2 Å². The lowest BCUT2D eigenvalue weighted by Gasteiger charge is -2.30. The highest BCUT2D eigenvalue weighted by atomic mass is 16.6. The van der Waals surface area contributed by atoms with Gasteiger partial charge in [-0.15, -0.1) is 4.68 Å². The minimum Gasteiger partial charge on any atom is -0.444 e. The van der Waals surface area contributed by atoms with Crippen LogP contribution >= 0.6 is 0 Å². The number of H-pyrrole nitrogens is 1. The molecule has 0 bridgehead atoms. The number of fused-ring (bicyclic) bond motifs is 3. The van der Waals surface area contributed by atoms with Crippen molar-refractivity contribution in [2.45, 2.75) is 51.8 Å². The van der Waals surface area contributed by atoms with Crippen LogP contribution in [0.15, 0.2) is 12.3 Å². The molecule has 2 aliphatic rings. The first kappa shape index (κ1) is 19.5. The summed E-state index contributed by atoms with van der Waals surface area (Å²) in [5, 5.41) is 7.91. The number of aromatic amines is 1. The number of likely N-dealkylation sites (N-methyl/N-ethyl adjacent to an activating group) is 1. The van der Waals surface area contributed by atoms with E-state index >= 15 is 0 Å². The fourth-order valence-electron chi connectivity index (χ4n) is 4.16. The molecule has 4 heterocycles. The molecule has 2 aromatic heterocycles. The number of rotatable bonds is 1. The van der Waals surface area contributed by atoms with Crippen LogP contribution in [0.5, 0.6) is 0 Å². The number of carbonyl (C=O) groups is 2. The SMILES string of the molecule is CN1CC(c2cc[nH][n+]2C)Cn2nc3c(c2C1=O)CN(C(=O)OC(C)(C)C)CC3. The third-order valence-corrected chi connectivity index (χ3v) is 5.52. The Morgan fingerprint density at radius 2 is 2.10 bits per heavy atom. The molecule has 0 aromatic carbocycles. The smallest absolute Gasteiger partial charge is 0.410 e. The number of nitrogens with zero attached hydrogens (tertiary/aromatic N) is 5. The highest BCUT2D eigenvalue weighted by Crippen LogP contribution is 2.29. The Morgan fingerprint density at radius 3 is 2.76 bits per heavy atom. The van der Waals surface area contributed by atoms with Gasteiger partial charge in [0.1, 0.15) is 11.3 Å². The van der Waals surface area contributed by atoms with Crippen molar-refractivity contribution in [3.8, 4) is 0 Å². The van der Waals surface area contributed by atoms with Gasteiger partial charge >= 0.3 is 6.09 Å². The van der Waals surface area contributed by atoms with Crippen LogP contribution < -0.4 is 4.68 Å². The first-order valence-electron chi connectivity index (χ1n) is 9.99. The van der Waals surface area contributed by atoms with Crippen LogP contribution in [0.25, 0.3) is 0 Å². The molecule has 2 aliphatic heterocycles. The van der Waals surface area contributed by atoms with Crippen molar-refractivity contribution in [1.82, 2.24) is 24.7 Å². The predicted molar refractivity (Wildman–Crippen MR) is 104 cm³/mol. The Hall–Kier alpha value is -2.84. The van der Waals surface area contributed by atoms with Crippen LogP contribution in [-0.2, 0) is 31.3 Å². The molecular weight excluding hydrogens is 372 g/mol. The van der Waals surface area contributed by atoms with E-state index in [4.69, 9.17) is 9.84 Å². The zero-order valence-electron chi connectivity index (χ0n) is 17.7. The summed E-state index contributed by atoms with van der Waals surface area (Å²) in [5.41, 5.74) is 2.92. The fourth-order valence-corrected chi connectivity index (χ4v) is 4.16. The van der Waals surface area contributed by atoms with E-state index < -0.39 is 5.60 Å². The van der Waals surface area contributed by atoms with Gasteiger partial charge < -0.3 is 14.5 Å². The van der Waals surface area contributed by atoms with Crippen LogP contribution in [-0.4, -0.2) is 62.4 Å². The van der Waals surface area contributed by atoms with Gasteiger partial charge in [0.15, 0.2) is 7.05 Å². The Bertz CT molecular complexity index is 954. The van der Waals surface area contributed by atoms with Gasteiger partial charge in [0.2, 0.25) is 5.69 Å². The number of hydrogen-bond donors (Lipinski definition) is 1. The summed E-state index contributed by atoms with van der Waals surface area (Å²) in [5.74, 6) is 0.0789. The predicted octanol–water partition coefficient (Wildman–Crippen LogP) is 1.20. The summed E-state index contributed by atoms with van der Waals surface area (Å²) in [6.07, 6.45) is 2.17. The highest BCUT2D eigenvalue weighted by molar-refractivity contribution is 5.94. The van der Waals surface area contributed by atoms with Gasteiger partial charge in [-0.3, -0.25) is 9.48 Å². The standard InChI is InChI=1S/C20H28N6O3/c1-20(2,3)29-19(28)25-9-7-15-14(12-25)17-18(27)23(4)10-13(11-26(17)22-15)16-6-8-21-24(16)5/h6,8,13H,7,9-12H2,1-5H3/p+1. The van der Waals surface area contributed by atoms with E-state index in [1.54, 1.807) is 9.80 Å². The van der Waals surface area contributed by atoms with Crippen molar-refractivity contribution in [2.24, 2.45) is 7.05 Å². The van der Waals surface area contributed by atoms with Gasteiger partial charge in [0.05, 0.1) is 30.9 Å². The lowest BCUT2D eigenvalue weighted by Crippen LogP contribution is -2.40. The van der Waals surface area contributed by atoms with Gasteiger partial charge in [-0.05, 0) is 20.8 Å². The van der Waals surface area contributed by atoms with Crippen LogP contribution in [0.4, 0.5) is 4.79 Å². The van der Waals surface area contributed by atoms with Crippen LogP contribution in [0.3, 0.4) is 0 Å². The van der Waals surface area contributed by atoms with E-state index in [0.717, 1.165) is 17.0 Å². The normalized spacial score (nSPS) is 19.6. The minimum atomic E-state index is -0.553. The number of amides is 2. The first-order valence-corrected chi connectivity index (χ1v) is 9.99. The summed E-state index contributed by atoms with van der Waals surface area (Å²) in [6.45, 7) is 7.68. The lowest BCUT2D eigenvalue weighted by atomic mass is 10.0. The van der Waals surface area contributed by atoms with Gasteiger partial charge in [-0.2, -0.15) is 10.2 Å². The lowest BCUT2D eigenvalue weighted by molar-refractivity contribution is -0.734. The molecule has 4 rings (SSSR count).